The van der Waals surface area contributed by atoms with Crippen LogP contribution in [0.15, 0.2) is 34.9 Å². The Morgan fingerprint density at radius 1 is 1.30 bits per heavy atom. The number of aromatic amines is 1. The number of hydrogen-bond acceptors (Lipinski definition) is 6. The van der Waals surface area contributed by atoms with Crippen molar-refractivity contribution in [3.05, 3.63) is 40.8 Å². The fourth-order valence-corrected chi connectivity index (χ4v) is 4.37. The molecule has 3 heterocycles. The lowest BCUT2D eigenvalue weighted by atomic mass is 10.0. The summed E-state index contributed by atoms with van der Waals surface area (Å²) in [4.78, 5) is 34.1. The zero-order valence-electron chi connectivity index (χ0n) is 19.3. The molecule has 2 amide bonds. The highest BCUT2D eigenvalue weighted by Gasteiger charge is 2.52. The molecule has 0 bridgehead atoms. The number of imidazole rings is 1. The van der Waals surface area contributed by atoms with Crippen molar-refractivity contribution in [1.29, 1.82) is 0 Å². The van der Waals surface area contributed by atoms with E-state index in [1.54, 1.807) is 25.3 Å². The fraction of sp³-hybridized carbons (Fsp3) is 0.522. The lowest BCUT2D eigenvalue weighted by Gasteiger charge is -2.29. The summed E-state index contributed by atoms with van der Waals surface area (Å²) in [5.74, 6) is -0.376. The number of carbonyl (C=O) groups excluding carboxylic acids is 2. The number of nitrogens with zero attached hydrogens (tertiary/aromatic N) is 2. The van der Waals surface area contributed by atoms with E-state index in [1.165, 1.54) is 0 Å². The van der Waals surface area contributed by atoms with Crippen molar-refractivity contribution in [2.24, 2.45) is 5.92 Å². The number of nitrogens with one attached hydrogen (secondary N) is 2. The number of likely N-dealkylation sites (tertiary alicyclic amines) is 1. The minimum absolute atomic E-state index is 0.0553. The first-order valence-corrected chi connectivity index (χ1v) is 11.6. The van der Waals surface area contributed by atoms with Gasteiger partial charge in [-0.15, -0.1) is 0 Å². The normalized spacial score (nSPS) is 19.9. The molecule has 2 aliphatic heterocycles. The van der Waals surface area contributed by atoms with Crippen LogP contribution in [-0.4, -0.2) is 73.0 Å². The average Bonchev–Trinajstić information content (AvgIpc) is 3.53. The van der Waals surface area contributed by atoms with Crippen LogP contribution in [0.25, 0.3) is 11.3 Å². The summed E-state index contributed by atoms with van der Waals surface area (Å²) in [5, 5.41) is 2.66. The zero-order chi connectivity index (χ0) is 24.0. The van der Waals surface area contributed by atoms with Crippen LogP contribution in [0.5, 0.6) is 0 Å². The van der Waals surface area contributed by atoms with Crippen molar-refractivity contribution >= 4 is 28.2 Å². The van der Waals surface area contributed by atoms with Crippen molar-refractivity contribution in [3.63, 3.8) is 0 Å². The molecule has 0 saturated carbocycles. The summed E-state index contributed by atoms with van der Waals surface area (Å²) in [6, 6.07) is 6.96. The highest BCUT2D eigenvalue weighted by molar-refractivity contribution is 9.10. The molecule has 180 valence electrons. The number of H-pyrrole nitrogens is 1. The summed E-state index contributed by atoms with van der Waals surface area (Å²) in [7, 11) is 3.25. The first kappa shape index (κ1) is 25.4. The molecule has 1 spiro atoms. The second-order valence-electron chi connectivity index (χ2n) is 8.40. The van der Waals surface area contributed by atoms with E-state index in [0.717, 1.165) is 15.7 Å². The minimum Gasteiger partial charge on any atom is -0.388 e. The van der Waals surface area contributed by atoms with Crippen LogP contribution in [0.3, 0.4) is 0 Å². The van der Waals surface area contributed by atoms with E-state index in [2.05, 4.69) is 36.0 Å². The van der Waals surface area contributed by atoms with Gasteiger partial charge in [0.15, 0.2) is 5.79 Å². The van der Waals surface area contributed by atoms with Gasteiger partial charge >= 0.3 is 0 Å². The molecule has 4 rings (SSSR count). The molecule has 2 saturated heterocycles. The third kappa shape index (κ3) is 5.81. The Kier molecular flexibility index (Phi) is 8.63. The van der Waals surface area contributed by atoms with Crippen LogP contribution in [0.1, 0.15) is 32.1 Å². The number of amides is 2. The van der Waals surface area contributed by atoms with E-state index in [-0.39, 0.29) is 17.9 Å². The Balaban J connectivity index is 0.000000968. The summed E-state index contributed by atoms with van der Waals surface area (Å²) in [6.45, 7) is 5.10. The van der Waals surface area contributed by atoms with Gasteiger partial charge in [-0.25, -0.2) is 4.98 Å². The fourth-order valence-electron chi connectivity index (χ4n) is 4.10. The van der Waals surface area contributed by atoms with Crippen molar-refractivity contribution in [2.45, 2.75) is 38.1 Å². The SMILES string of the molecule is CC(C)C(NC=O)C(=O)N1CC2(CC1c1ncc(-c3ccc(Br)cc3)[nH]1)OCCO2.COC. The number of aromatic nitrogens is 2. The number of ether oxygens (including phenoxy) is 3. The number of halogens is 1. The Hall–Kier alpha value is -2.27. The van der Waals surface area contributed by atoms with Crippen LogP contribution < -0.4 is 5.32 Å². The topological polar surface area (TPSA) is 106 Å². The monoisotopic (exact) mass is 522 g/mol. The molecule has 0 aliphatic carbocycles. The van der Waals surface area contributed by atoms with Gasteiger partial charge in [0.1, 0.15) is 11.9 Å². The molecule has 1 aromatic heterocycles. The first-order chi connectivity index (χ1) is 15.8. The van der Waals surface area contributed by atoms with Crippen LogP contribution in [-0.2, 0) is 23.8 Å². The lowest BCUT2D eigenvalue weighted by molar-refractivity contribution is -0.154. The molecule has 2 unspecified atom stereocenters. The van der Waals surface area contributed by atoms with Crippen LogP contribution >= 0.6 is 15.9 Å². The second-order valence-corrected chi connectivity index (χ2v) is 9.31. The molecule has 2 fully saturated rings. The van der Waals surface area contributed by atoms with E-state index >= 15 is 0 Å². The molecular weight excluding hydrogens is 492 g/mol. The van der Waals surface area contributed by atoms with Gasteiger partial charge in [0, 0.05) is 25.1 Å². The van der Waals surface area contributed by atoms with Gasteiger partial charge in [-0.2, -0.15) is 0 Å². The predicted molar refractivity (Wildman–Crippen MR) is 126 cm³/mol. The maximum absolute atomic E-state index is 13.4. The van der Waals surface area contributed by atoms with Crippen LogP contribution in [0.2, 0.25) is 0 Å². The number of carbonyl (C=O) groups is 2. The second kappa shape index (κ2) is 11.2. The van der Waals surface area contributed by atoms with Gasteiger partial charge in [0.2, 0.25) is 12.3 Å². The first-order valence-electron chi connectivity index (χ1n) is 10.8. The molecule has 2 aromatic rings. The summed E-state index contributed by atoms with van der Waals surface area (Å²) < 4.78 is 17.0. The molecule has 1 aromatic carbocycles. The maximum atomic E-state index is 13.4. The number of methoxy groups -OCH3 is 1. The molecule has 2 atom stereocenters. The van der Waals surface area contributed by atoms with E-state index in [0.29, 0.717) is 38.4 Å². The number of rotatable bonds is 6. The summed E-state index contributed by atoms with van der Waals surface area (Å²) in [6.07, 6.45) is 2.83. The van der Waals surface area contributed by atoms with Gasteiger partial charge in [-0.3, -0.25) is 9.59 Å². The molecule has 10 heteroatoms. The predicted octanol–water partition coefficient (Wildman–Crippen LogP) is 2.89. The molecular formula is C23H31BrN4O5. The highest BCUT2D eigenvalue weighted by Crippen LogP contribution is 2.42. The van der Waals surface area contributed by atoms with Crippen molar-refractivity contribution in [2.75, 3.05) is 34.0 Å². The maximum Gasteiger partial charge on any atom is 0.246 e. The van der Waals surface area contributed by atoms with Crippen molar-refractivity contribution in [3.8, 4) is 11.3 Å². The summed E-state index contributed by atoms with van der Waals surface area (Å²) in [5.41, 5.74) is 1.86. The number of hydrogen-bond donors (Lipinski definition) is 2. The number of benzene rings is 1. The smallest absolute Gasteiger partial charge is 0.246 e. The van der Waals surface area contributed by atoms with E-state index < -0.39 is 11.8 Å². The molecule has 2 aliphatic rings. The Labute approximate surface area is 202 Å². The Morgan fingerprint density at radius 3 is 2.52 bits per heavy atom. The standard InChI is InChI=1S/C21H25BrN4O4.C2H6O/c1-13(2)18(24-12-27)20(28)26-11-21(29-7-8-30-21)9-17(26)19-23-10-16(25-19)14-3-5-15(22)6-4-14;1-3-2/h3-6,10,12-13,17-18H,7-9,11H2,1-2H3,(H,23,25)(H,24,27);1-2H3. The Bertz CT molecular complexity index is 927. The van der Waals surface area contributed by atoms with Gasteiger partial charge in [-0.1, -0.05) is 41.9 Å². The van der Waals surface area contributed by atoms with E-state index in [9.17, 15) is 9.59 Å². The van der Waals surface area contributed by atoms with Crippen molar-refractivity contribution < 1.29 is 23.8 Å². The highest BCUT2D eigenvalue weighted by atomic mass is 79.9. The molecule has 2 N–H and O–H groups in total. The lowest BCUT2D eigenvalue weighted by Crippen LogP contribution is -2.50. The van der Waals surface area contributed by atoms with Gasteiger partial charge in [0.05, 0.1) is 37.7 Å². The van der Waals surface area contributed by atoms with Crippen LogP contribution in [0, 0.1) is 5.92 Å². The van der Waals surface area contributed by atoms with Gasteiger partial charge in [-0.05, 0) is 23.6 Å². The minimum atomic E-state index is -0.826. The quantitative estimate of drug-likeness (QED) is 0.565. The zero-order valence-corrected chi connectivity index (χ0v) is 20.9. The van der Waals surface area contributed by atoms with Crippen molar-refractivity contribution in [1.82, 2.24) is 20.2 Å². The van der Waals surface area contributed by atoms with E-state index in [4.69, 9.17) is 9.47 Å². The van der Waals surface area contributed by atoms with E-state index in [1.807, 2.05) is 38.1 Å². The Morgan fingerprint density at radius 2 is 1.94 bits per heavy atom. The van der Waals surface area contributed by atoms with Crippen LogP contribution in [0.4, 0.5) is 0 Å². The molecule has 9 nitrogen and oxygen atoms in total. The third-order valence-electron chi connectivity index (χ3n) is 5.64. The van der Waals surface area contributed by atoms with Gasteiger partial charge in [0.25, 0.3) is 0 Å². The summed E-state index contributed by atoms with van der Waals surface area (Å²) >= 11 is 3.44. The molecule has 0 radical (unpaired) electrons. The largest absolute Gasteiger partial charge is 0.388 e. The molecule has 33 heavy (non-hydrogen) atoms. The average molecular weight is 523 g/mol. The third-order valence-corrected chi connectivity index (χ3v) is 6.16. The van der Waals surface area contributed by atoms with Gasteiger partial charge < -0.3 is 29.4 Å².